The summed E-state index contributed by atoms with van der Waals surface area (Å²) in [5, 5.41) is 11.4. The molecule has 0 aliphatic carbocycles. The van der Waals surface area contributed by atoms with E-state index in [1.165, 1.54) is 18.2 Å². The molecule has 0 bridgehead atoms. The zero-order valence-corrected chi connectivity index (χ0v) is 14.7. The Morgan fingerprint density at radius 2 is 1.76 bits per heavy atom. The molecule has 2 aromatic heterocycles. The van der Waals surface area contributed by atoms with E-state index in [1.54, 1.807) is 0 Å². The average molecular weight is 341 g/mol. The smallest absolute Gasteiger partial charge is 0.137 e. The summed E-state index contributed by atoms with van der Waals surface area (Å²) in [5.74, 6) is 1.08. The Hall–Kier alpha value is -1.76. The van der Waals surface area contributed by atoms with Crippen molar-refractivity contribution in [1.82, 2.24) is 19.8 Å². The van der Waals surface area contributed by atoms with Crippen molar-refractivity contribution in [2.24, 2.45) is 0 Å². The summed E-state index contributed by atoms with van der Waals surface area (Å²) in [6.45, 7) is 7.61. The molecule has 0 amide bonds. The lowest BCUT2D eigenvalue weighted by Crippen LogP contribution is -2.53. The van der Waals surface area contributed by atoms with Crippen LogP contribution in [0.4, 0.5) is 5.82 Å². The van der Waals surface area contributed by atoms with Crippen LogP contribution in [0, 0.1) is 0 Å². The third-order valence-electron chi connectivity index (χ3n) is 5.65. The molecular weight excluding hydrogens is 314 g/mol. The molecule has 4 rings (SSSR count). The number of aliphatic hydroxyl groups is 1. The summed E-state index contributed by atoms with van der Waals surface area (Å²) in [6.07, 6.45) is 8.07. The average Bonchev–Trinajstić information content (AvgIpc) is 2.69. The minimum Gasteiger partial charge on any atom is -0.395 e. The van der Waals surface area contributed by atoms with Gasteiger partial charge in [0.25, 0.3) is 0 Å². The first kappa shape index (κ1) is 16.7. The molecule has 6 nitrogen and oxygen atoms in total. The number of piperazine rings is 1. The Morgan fingerprint density at radius 1 is 1.00 bits per heavy atom. The molecule has 2 saturated heterocycles. The van der Waals surface area contributed by atoms with Crippen molar-refractivity contribution in [3.63, 3.8) is 0 Å². The monoisotopic (exact) mass is 341 g/mol. The van der Waals surface area contributed by atoms with Crippen molar-refractivity contribution in [2.75, 3.05) is 57.3 Å². The van der Waals surface area contributed by atoms with Gasteiger partial charge in [-0.15, -0.1) is 0 Å². The van der Waals surface area contributed by atoms with Crippen molar-refractivity contribution in [3.05, 3.63) is 30.7 Å². The molecule has 0 spiro atoms. The number of β-amino-alcohol motifs (C(OH)–C–C–N with tert-alkyl or cyclic N) is 1. The van der Waals surface area contributed by atoms with Crippen molar-refractivity contribution >= 4 is 16.6 Å². The molecule has 2 aliphatic heterocycles. The zero-order valence-electron chi connectivity index (χ0n) is 14.7. The van der Waals surface area contributed by atoms with Crippen LogP contribution in [-0.4, -0.2) is 83.3 Å². The minimum atomic E-state index is 0.269. The summed E-state index contributed by atoms with van der Waals surface area (Å²) in [5.41, 5.74) is 0. The van der Waals surface area contributed by atoms with Gasteiger partial charge in [-0.25, -0.2) is 4.98 Å². The molecule has 0 radical (unpaired) electrons. The predicted octanol–water partition coefficient (Wildman–Crippen LogP) is 1.21. The van der Waals surface area contributed by atoms with Gasteiger partial charge in [0.1, 0.15) is 5.82 Å². The Balaban J connectivity index is 1.37. The van der Waals surface area contributed by atoms with Gasteiger partial charge in [0.15, 0.2) is 0 Å². The molecule has 0 aromatic carbocycles. The van der Waals surface area contributed by atoms with E-state index in [9.17, 15) is 0 Å². The molecule has 134 valence electrons. The van der Waals surface area contributed by atoms with Crippen LogP contribution in [0.3, 0.4) is 0 Å². The van der Waals surface area contributed by atoms with Gasteiger partial charge in [0.05, 0.1) is 6.61 Å². The van der Waals surface area contributed by atoms with Gasteiger partial charge >= 0.3 is 0 Å². The summed E-state index contributed by atoms with van der Waals surface area (Å²) in [4.78, 5) is 16.3. The molecule has 6 heteroatoms. The molecule has 0 atom stereocenters. The van der Waals surface area contributed by atoms with Crippen LogP contribution in [0.2, 0.25) is 0 Å². The molecule has 2 fully saturated rings. The number of piperidine rings is 1. The molecule has 0 unspecified atom stereocenters. The molecule has 1 N–H and O–H groups in total. The van der Waals surface area contributed by atoms with E-state index in [0.29, 0.717) is 6.04 Å². The first-order chi connectivity index (χ1) is 12.3. The first-order valence-corrected chi connectivity index (χ1v) is 9.36. The fourth-order valence-electron chi connectivity index (χ4n) is 4.18. The van der Waals surface area contributed by atoms with Gasteiger partial charge in [-0.3, -0.25) is 14.8 Å². The maximum absolute atomic E-state index is 9.07. The minimum absolute atomic E-state index is 0.269. The lowest BCUT2D eigenvalue weighted by molar-refractivity contribution is 0.0746. The number of hydrogen-bond acceptors (Lipinski definition) is 6. The second kappa shape index (κ2) is 7.64. The summed E-state index contributed by atoms with van der Waals surface area (Å²) < 4.78 is 0. The normalized spacial score (nSPS) is 21.1. The SMILES string of the molecule is OCCN1CCN(C2CCN(c3nccc4ccncc34)CC2)CC1. The number of aromatic nitrogens is 2. The maximum atomic E-state index is 9.07. The number of nitrogens with zero attached hydrogens (tertiary/aromatic N) is 5. The summed E-state index contributed by atoms with van der Waals surface area (Å²) >= 11 is 0. The van der Waals surface area contributed by atoms with Crippen LogP contribution in [0.15, 0.2) is 30.7 Å². The molecular formula is C19H27N5O. The van der Waals surface area contributed by atoms with Crippen molar-refractivity contribution < 1.29 is 5.11 Å². The molecule has 2 aliphatic rings. The lowest BCUT2D eigenvalue weighted by Gasteiger charge is -2.43. The van der Waals surface area contributed by atoms with Gasteiger partial charge < -0.3 is 10.0 Å². The summed E-state index contributed by atoms with van der Waals surface area (Å²) in [6, 6.07) is 4.79. The van der Waals surface area contributed by atoms with E-state index in [1.807, 2.05) is 18.6 Å². The third-order valence-corrected chi connectivity index (χ3v) is 5.65. The second-order valence-corrected chi connectivity index (χ2v) is 7.05. The Bertz CT molecular complexity index is 688. The Labute approximate surface area is 149 Å². The van der Waals surface area contributed by atoms with Crippen LogP contribution in [0.1, 0.15) is 12.8 Å². The highest BCUT2D eigenvalue weighted by Gasteiger charge is 2.28. The predicted molar refractivity (Wildman–Crippen MR) is 99.9 cm³/mol. The number of fused-ring (bicyclic) bond motifs is 1. The van der Waals surface area contributed by atoms with Gasteiger partial charge in [0.2, 0.25) is 0 Å². The fraction of sp³-hybridized carbons (Fsp3) is 0.579. The van der Waals surface area contributed by atoms with Gasteiger partial charge in [-0.05, 0) is 30.4 Å². The van der Waals surface area contributed by atoms with Gasteiger partial charge in [0, 0.05) is 75.8 Å². The highest BCUT2D eigenvalue weighted by molar-refractivity contribution is 5.91. The topological polar surface area (TPSA) is 55.7 Å². The number of rotatable bonds is 4. The van der Waals surface area contributed by atoms with Crippen molar-refractivity contribution in [2.45, 2.75) is 18.9 Å². The molecule has 2 aromatic rings. The third kappa shape index (κ3) is 3.61. The van der Waals surface area contributed by atoms with E-state index in [-0.39, 0.29) is 6.61 Å². The number of hydrogen-bond donors (Lipinski definition) is 1. The van der Waals surface area contributed by atoms with Crippen LogP contribution in [-0.2, 0) is 0 Å². The second-order valence-electron chi connectivity index (χ2n) is 7.05. The van der Waals surface area contributed by atoms with Crippen LogP contribution >= 0.6 is 0 Å². The first-order valence-electron chi connectivity index (χ1n) is 9.36. The lowest BCUT2D eigenvalue weighted by atomic mass is 10.0. The quantitative estimate of drug-likeness (QED) is 0.902. The molecule has 4 heterocycles. The largest absolute Gasteiger partial charge is 0.395 e. The zero-order chi connectivity index (χ0) is 17.1. The van der Waals surface area contributed by atoms with Crippen molar-refractivity contribution in [1.29, 1.82) is 0 Å². The van der Waals surface area contributed by atoms with E-state index in [4.69, 9.17) is 5.11 Å². The van der Waals surface area contributed by atoms with Crippen LogP contribution < -0.4 is 4.90 Å². The number of aliphatic hydroxyl groups excluding tert-OH is 1. The Morgan fingerprint density at radius 3 is 2.52 bits per heavy atom. The molecule has 0 saturated carbocycles. The van der Waals surface area contributed by atoms with E-state index in [2.05, 4.69) is 36.8 Å². The highest BCUT2D eigenvalue weighted by atomic mass is 16.3. The Kier molecular flexibility index (Phi) is 5.10. The standard InChI is InChI=1S/C19H27N5O/c25-14-13-22-9-11-23(12-10-22)17-3-7-24(8-4-17)19-18-15-20-5-1-16(18)2-6-21-19/h1-2,5-6,15,17,25H,3-4,7-14H2. The van der Waals surface area contributed by atoms with Gasteiger partial charge in [-0.1, -0.05) is 0 Å². The number of anilines is 1. The number of pyridine rings is 2. The van der Waals surface area contributed by atoms with Crippen LogP contribution in [0.5, 0.6) is 0 Å². The fourth-order valence-corrected chi connectivity index (χ4v) is 4.18. The van der Waals surface area contributed by atoms with E-state index < -0.39 is 0 Å². The highest BCUT2D eigenvalue weighted by Crippen LogP contribution is 2.27. The molecule has 25 heavy (non-hydrogen) atoms. The van der Waals surface area contributed by atoms with E-state index >= 15 is 0 Å². The van der Waals surface area contributed by atoms with E-state index in [0.717, 1.165) is 57.0 Å². The van der Waals surface area contributed by atoms with Crippen molar-refractivity contribution in [3.8, 4) is 0 Å². The van der Waals surface area contributed by atoms with Crippen LogP contribution in [0.25, 0.3) is 10.8 Å². The van der Waals surface area contributed by atoms with Gasteiger partial charge in [-0.2, -0.15) is 0 Å². The maximum Gasteiger partial charge on any atom is 0.137 e. The summed E-state index contributed by atoms with van der Waals surface area (Å²) in [7, 11) is 0.